The molecule has 8 heteroatoms. The van der Waals surface area contributed by atoms with Gasteiger partial charge in [-0.25, -0.2) is 15.0 Å². The van der Waals surface area contributed by atoms with Crippen molar-refractivity contribution < 1.29 is 9.53 Å². The van der Waals surface area contributed by atoms with Crippen LogP contribution in [0.5, 0.6) is 5.75 Å². The summed E-state index contributed by atoms with van der Waals surface area (Å²) in [5.41, 5.74) is 1.71. The molecule has 2 aromatic heterocycles. The molecule has 144 valence electrons. The number of rotatable bonds is 6. The number of amides is 1. The highest BCUT2D eigenvalue weighted by Crippen LogP contribution is 2.25. The third-order valence-electron chi connectivity index (χ3n) is 4.70. The van der Waals surface area contributed by atoms with Gasteiger partial charge >= 0.3 is 0 Å². The molecule has 1 fully saturated rings. The van der Waals surface area contributed by atoms with Gasteiger partial charge in [-0.1, -0.05) is 0 Å². The minimum atomic E-state index is -0.153. The molecule has 0 radical (unpaired) electrons. The number of nitrogens with zero attached hydrogens (tertiary/aromatic N) is 4. The molecule has 7 nitrogen and oxygen atoms in total. The Kier molecular flexibility index (Phi) is 5.59. The van der Waals surface area contributed by atoms with E-state index in [1.54, 1.807) is 25.6 Å². The highest BCUT2D eigenvalue weighted by atomic mass is 32.1. The van der Waals surface area contributed by atoms with Gasteiger partial charge in [-0.3, -0.25) is 9.69 Å². The van der Waals surface area contributed by atoms with Crippen LogP contribution in [0.3, 0.4) is 0 Å². The van der Waals surface area contributed by atoms with Crippen molar-refractivity contribution in [2.45, 2.75) is 25.4 Å². The number of aromatic nitrogens is 3. The summed E-state index contributed by atoms with van der Waals surface area (Å²) in [7, 11) is 1.62. The Morgan fingerprint density at radius 3 is 2.82 bits per heavy atom. The summed E-state index contributed by atoms with van der Waals surface area (Å²) in [5, 5.41) is 5.82. The molecular formula is C20H21N5O2S. The van der Waals surface area contributed by atoms with Crippen LogP contribution in [0.15, 0.2) is 48.1 Å². The number of benzene rings is 1. The predicted molar refractivity (Wildman–Crippen MR) is 108 cm³/mol. The average molecular weight is 395 g/mol. The Labute approximate surface area is 167 Å². The van der Waals surface area contributed by atoms with Crippen LogP contribution in [0.4, 0.5) is 5.69 Å². The summed E-state index contributed by atoms with van der Waals surface area (Å²) in [4.78, 5) is 28.1. The highest BCUT2D eigenvalue weighted by Gasteiger charge is 2.31. The van der Waals surface area contributed by atoms with E-state index >= 15 is 0 Å². The standard InChI is InChI=1S/C20H21N5O2S/c1-27-16-7-5-14(6-8-16)23-19(26)17-4-2-11-25(17)12-15-13-28-20(24-15)18-21-9-3-10-22-18/h3,5-10,13,17H,2,4,11-12H2,1H3,(H,23,26). The second-order valence-electron chi connectivity index (χ2n) is 6.56. The van der Waals surface area contributed by atoms with E-state index in [9.17, 15) is 4.79 Å². The molecule has 1 aliphatic rings. The van der Waals surface area contributed by atoms with Gasteiger partial charge in [0.15, 0.2) is 10.8 Å². The van der Waals surface area contributed by atoms with Crippen LogP contribution >= 0.6 is 11.3 Å². The lowest BCUT2D eigenvalue weighted by Gasteiger charge is -2.22. The van der Waals surface area contributed by atoms with Gasteiger partial charge < -0.3 is 10.1 Å². The molecule has 1 amide bonds. The number of ether oxygens (including phenoxy) is 1. The van der Waals surface area contributed by atoms with E-state index in [1.165, 1.54) is 11.3 Å². The molecule has 1 unspecified atom stereocenters. The van der Waals surface area contributed by atoms with Gasteiger partial charge in [0, 0.05) is 30.0 Å². The summed E-state index contributed by atoms with van der Waals surface area (Å²) in [6.07, 6.45) is 5.27. The minimum absolute atomic E-state index is 0.0181. The molecule has 0 saturated carbocycles. The summed E-state index contributed by atoms with van der Waals surface area (Å²) in [5.74, 6) is 1.42. The second-order valence-corrected chi connectivity index (χ2v) is 7.42. The Balaban J connectivity index is 1.40. The normalized spacial score (nSPS) is 16.8. The zero-order chi connectivity index (χ0) is 19.3. The van der Waals surface area contributed by atoms with Crippen LogP contribution in [0.25, 0.3) is 10.8 Å². The molecule has 0 aliphatic carbocycles. The monoisotopic (exact) mass is 395 g/mol. The second kappa shape index (κ2) is 8.45. The fraction of sp³-hybridized carbons (Fsp3) is 0.300. The number of methoxy groups -OCH3 is 1. The highest BCUT2D eigenvalue weighted by molar-refractivity contribution is 7.13. The molecule has 4 rings (SSSR count). The SMILES string of the molecule is COc1ccc(NC(=O)C2CCCN2Cc2csc(-c3ncccn3)n2)cc1. The van der Waals surface area contributed by atoms with Gasteiger partial charge in [-0.2, -0.15) is 0 Å². The number of hydrogen-bond acceptors (Lipinski definition) is 7. The molecule has 1 aromatic carbocycles. The van der Waals surface area contributed by atoms with E-state index < -0.39 is 0 Å². The molecule has 0 bridgehead atoms. The van der Waals surface area contributed by atoms with Crippen molar-refractivity contribution >= 4 is 22.9 Å². The molecule has 1 aliphatic heterocycles. The van der Waals surface area contributed by atoms with E-state index in [0.717, 1.165) is 41.5 Å². The van der Waals surface area contributed by atoms with E-state index in [4.69, 9.17) is 4.74 Å². The summed E-state index contributed by atoms with van der Waals surface area (Å²) in [6, 6.07) is 9.01. The Hall–Kier alpha value is -2.84. The van der Waals surface area contributed by atoms with Gasteiger partial charge in [-0.05, 0) is 49.7 Å². The van der Waals surface area contributed by atoms with Gasteiger partial charge in [0.05, 0.1) is 18.8 Å². The van der Waals surface area contributed by atoms with Gasteiger partial charge in [-0.15, -0.1) is 11.3 Å². The molecule has 1 N–H and O–H groups in total. The lowest BCUT2D eigenvalue weighted by atomic mass is 10.2. The molecule has 28 heavy (non-hydrogen) atoms. The topological polar surface area (TPSA) is 80.2 Å². The smallest absolute Gasteiger partial charge is 0.241 e. The molecule has 0 spiro atoms. The fourth-order valence-corrected chi connectivity index (χ4v) is 4.07. The van der Waals surface area contributed by atoms with Crippen LogP contribution < -0.4 is 10.1 Å². The van der Waals surface area contributed by atoms with Crippen molar-refractivity contribution in [1.29, 1.82) is 0 Å². The lowest BCUT2D eigenvalue weighted by molar-refractivity contribution is -0.120. The van der Waals surface area contributed by atoms with Crippen LogP contribution in [0, 0.1) is 0 Å². The lowest BCUT2D eigenvalue weighted by Crippen LogP contribution is -2.39. The summed E-state index contributed by atoms with van der Waals surface area (Å²) >= 11 is 1.53. The summed E-state index contributed by atoms with van der Waals surface area (Å²) in [6.45, 7) is 1.53. The molecule has 1 atom stereocenters. The van der Waals surface area contributed by atoms with E-state index in [-0.39, 0.29) is 11.9 Å². The maximum atomic E-state index is 12.8. The molecule has 3 heterocycles. The molecule has 1 saturated heterocycles. The first-order chi connectivity index (χ1) is 13.7. The maximum absolute atomic E-state index is 12.8. The quantitative estimate of drug-likeness (QED) is 0.690. The number of carbonyl (C=O) groups is 1. The van der Waals surface area contributed by atoms with Crippen LogP contribution in [0.2, 0.25) is 0 Å². The third kappa shape index (κ3) is 4.18. The fourth-order valence-electron chi connectivity index (χ4n) is 3.31. The van der Waals surface area contributed by atoms with E-state index in [1.807, 2.05) is 29.6 Å². The van der Waals surface area contributed by atoms with Crippen LogP contribution in [0.1, 0.15) is 18.5 Å². The van der Waals surface area contributed by atoms with E-state index in [2.05, 4.69) is 25.2 Å². The number of hydrogen-bond donors (Lipinski definition) is 1. The Morgan fingerprint density at radius 1 is 1.29 bits per heavy atom. The molecular weight excluding hydrogens is 374 g/mol. The van der Waals surface area contributed by atoms with Crippen molar-refractivity contribution in [3.05, 3.63) is 53.8 Å². The summed E-state index contributed by atoms with van der Waals surface area (Å²) < 4.78 is 5.16. The minimum Gasteiger partial charge on any atom is -0.497 e. The van der Waals surface area contributed by atoms with E-state index in [0.29, 0.717) is 12.4 Å². The first-order valence-electron chi connectivity index (χ1n) is 9.13. The largest absolute Gasteiger partial charge is 0.497 e. The Bertz CT molecular complexity index is 929. The zero-order valence-corrected chi connectivity index (χ0v) is 16.4. The average Bonchev–Trinajstić information content (AvgIpc) is 3.39. The third-order valence-corrected chi connectivity index (χ3v) is 5.58. The number of anilines is 1. The van der Waals surface area contributed by atoms with Crippen LogP contribution in [-0.4, -0.2) is 45.5 Å². The number of likely N-dealkylation sites (tertiary alicyclic amines) is 1. The molecule has 3 aromatic rings. The van der Waals surface area contributed by atoms with Gasteiger partial charge in [0.1, 0.15) is 5.75 Å². The maximum Gasteiger partial charge on any atom is 0.241 e. The van der Waals surface area contributed by atoms with Gasteiger partial charge in [0.2, 0.25) is 5.91 Å². The Morgan fingerprint density at radius 2 is 2.07 bits per heavy atom. The van der Waals surface area contributed by atoms with Crippen molar-refractivity contribution in [3.63, 3.8) is 0 Å². The van der Waals surface area contributed by atoms with Crippen molar-refractivity contribution in [1.82, 2.24) is 19.9 Å². The van der Waals surface area contributed by atoms with Gasteiger partial charge in [0.25, 0.3) is 0 Å². The van der Waals surface area contributed by atoms with Crippen molar-refractivity contribution in [2.24, 2.45) is 0 Å². The van der Waals surface area contributed by atoms with Crippen molar-refractivity contribution in [3.8, 4) is 16.6 Å². The van der Waals surface area contributed by atoms with Crippen LogP contribution in [-0.2, 0) is 11.3 Å². The zero-order valence-electron chi connectivity index (χ0n) is 15.5. The first kappa shape index (κ1) is 18.5. The predicted octanol–water partition coefficient (Wildman–Crippen LogP) is 3.21. The number of carbonyl (C=O) groups excluding carboxylic acids is 1. The first-order valence-corrected chi connectivity index (χ1v) is 10.0. The van der Waals surface area contributed by atoms with Crippen molar-refractivity contribution in [2.75, 3.05) is 19.0 Å². The number of nitrogens with one attached hydrogen (secondary N) is 1. The number of thiazole rings is 1.